The van der Waals surface area contributed by atoms with Crippen molar-refractivity contribution in [2.75, 3.05) is 12.3 Å². The highest BCUT2D eigenvalue weighted by atomic mass is 32.2. The van der Waals surface area contributed by atoms with E-state index in [-0.39, 0.29) is 0 Å². The largest absolute Gasteiger partial charge is 0.289 e. The molecule has 0 aromatic rings. The Morgan fingerprint density at radius 3 is 2.80 bits per heavy atom. The molecule has 0 spiro atoms. The summed E-state index contributed by atoms with van der Waals surface area (Å²) >= 11 is 1.66. The van der Waals surface area contributed by atoms with E-state index in [1.54, 1.807) is 16.3 Å². The molecule has 0 aliphatic carbocycles. The molecule has 2 nitrogen and oxygen atoms in total. The molecule has 58 valence electrons. The van der Waals surface area contributed by atoms with Crippen LogP contribution in [0, 0.1) is 0 Å². The average molecular weight is 159 g/mol. The van der Waals surface area contributed by atoms with Crippen LogP contribution in [0.4, 0.5) is 0 Å². The van der Waals surface area contributed by atoms with Crippen LogP contribution in [0.25, 0.3) is 0 Å². The molecule has 0 radical (unpaired) electrons. The molecule has 0 aromatic carbocycles. The Bertz CT molecular complexity index is 99.8. The number of amides is 1. The van der Waals surface area contributed by atoms with E-state index >= 15 is 0 Å². The van der Waals surface area contributed by atoms with Gasteiger partial charge in [-0.3, -0.25) is 9.10 Å². The van der Waals surface area contributed by atoms with E-state index in [9.17, 15) is 4.79 Å². The predicted octanol–water partition coefficient (Wildman–Crippen LogP) is 1.67. The lowest BCUT2D eigenvalue weighted by Crippen LogP contribution is -2.16. The second-order valence-corrected chi connectivity index (χ2v) is 3.63. The van der Waals surface area contributed by atoms with Crippen molar-refractivity contribution in [2.45, 2.75) is 25.7 Å². The van der Waals surface area contributed by atoms with Gasteiger partial charge in [-0.25, -0.2) is 0 Å². The highest BCUT2D eigenvalue weighted by molar-refractivity contribution is 7.97. The Kier molecular flexibility index (Phi) is 3.65. The molecule has 1 rings (SSSR count). The second-order valence-electron chi connectivity index (χ2n) is 2.49. The molecule has 1 aliphatic heterocycles. The van der Waals surface area contributed by atoms with Crippen LogP contribution in [0.15, 0.2) is 0 Å². The zero-order chi connectivity index (χ0) is 7.23. The summed E-state index contributed by atoms with van der Waals surface area (Å²) in [7, 11) is 0. The van der Waals surface area contributed by atoms with Crippen LogP contribution >= 0.6 is 11.9 Å². The van der Waals surface area contributed by atoms with Crippen molar-refractivity contribution in [3.8, 4) is 0 Å². The molecule has 0 N–H and O–H groups in total. The van der Waals surface area contributed by atoms with Gasteiger partial charge in [0, 0.05) is 12.3 Å². The van der Waals surface area contributed by atoms with Gasteiger partial charge in [0.05, 0.1) is 0 Å². The van der Waals surface area contributed by atoms with Crippen molar-refractivity contribution in [2.24, 2.45) is 0 Å². The summed E-state index contributed by atoms with van der Waals surface area (Å²) in [4.78, 5) is 10.3. The molecule has 1 heterocycles. The van der Waals surface area contributed by atoms with Crippen molar-refractivity contribution >= 4 is 18.4 Å². The van der Waals surface area contributed by atoms with Crippen LogP contribution in [-0.4, -0.2) is 23.0 Å². The molecule has 10 heavy (non-hydrogen) atoms. The van der Waals surface area contributed by atoms with E-state index in [4.69, 9.17) is 0 Å². The van der Waals surface area contributed by atoms with Gasteiger partial charge in [0.25, 0.3) is 0 Å². The maximum Gasteiger partial charge on any atom is 0.219 e. The monoisotopic (exact) mass is 159 g/mol. The third kappa shape index (κ3) is 2.60. The Morgan fingerprint density at radius 1 is 1.20 bits per heavy atom. The fourth-order valence-electron chi connectivity index (χ4n) is 1.05. The van der Waals surface area contributed by atoms with Crippen LogP contribution < -0.4 is 0 Å². The molecular formula is C7H13NOS. The van der Waals surface area contributed by atoms with Crippen molar-refractivity contribution in [1.29, 1.82) is 0 Å². The SMILES string of the molecule is O=CN1CCCCCCS1. The third-order valence-corrected chi connectivity index (χ3v) is 2.72. The van der Waals surface area contributed by atoms with Gasteiger partial charge in [-0.1, -0.05) is 12.8 Å². The van der Waals surface area contributed by atoms with Crippen LogP contribution in [0.2, 0.25) is 0 Å². The minimum absolute atomic E-state index is 0.939. The summed E-state index contributed by atoms with van der Waals surface area (Å²) in [6.07, 6.45) is 5.99. The predicted molar refractivity (Wildman–Crippen MR) is 43.7 cm³/mol. The maximum atomic E-state index is 10.3. The summed E-state index contributed by atoms with van der Waals surface area (Å²) in [6, 6.07) is 0. The second kappa shape index (κ2) is 4.61. The van der Waals surface area contributed by atoms with Crippen molar-refractivity contribution in [3.63, 3.8) is 0 Å². The first-order chi connectivity index (χ1) is 4.93. The van der Waals surface area contributed by atoms with Crippen LogP contribution in [-0.2, 0) is 4.79 Å². The Labute approximate surface area is 66.1 Å². The van der Waals surface area contributed by atoms with Crippen LogP contribution in [0.3, 0.4) is 0 Å². The number of carbonyl (C=O) groups excluding carboxylic acids is 1. The summed E-state index contributed by atoms with van der Waals surface area (Å²) in [5, 5.41) is 0. The van der Waals surface area contributed by atoms with E-state index in [1.807, 2.05) is 0 Å². The van der Waals surface area contributed by atoms with Gasteiger partial charge in [0.1, 0.15) is 0 Å². The van der Waals surface area contributed by atoms with E-state index in [2.05, 4.69) is 0 Å². The van der Waals surface area contributed by atoms with Gasteiger partial charge in [0.2, 0.25) is 6.41 Å². The van der Waals surface area contributed by atoms with Gasteiger partial charge < -0.3 is 0 Å². The van der Waals surface area contributed by atoms with Gasteiger partial charge in [-0.15, -0.1) is 0 Å². The molecule has 3 heteroatoms. The maximum absolute atomic E-state index is 10.3. The summed E-state index contributed by atoms with van der Waals surface area (Å²) in [5.41, 5.74) is 0. The molecule has 1 saturated heterocycles. The highest BCUT2D eigenvalue weighted by Gasteiger charge is 2.04. The summed E-state index contributed by atoms with van der Waals surface area (Å²) < 4.78 is 1.80. The van der Waals surface area contributed by atoms with E-state index in [1.165, 1.54) is 25.7 Å². The van der Waals surface area contributed by atoms with E-state index < -0.39 is 0 Å². The standard InChI is InChI=1S/C7H13NOS/c9-7-8-5-3-1-2-4-6-10-8/h7H,1-6H2. The fraction of sp³-hybridized carbons (Fsp3) is 0.857. The van der Waals surface area contributed by atoms with Crippen LogP contribution in [0.1, 0.15) is 25.7 Å². The van der Waals surface area contributed by atoms with Gasteiger partial charge in [-0.05, 0) is 24.8 Å². The van der Waals surface area contributed by atoms with Crippen molar-refractivity contribution in [1.82, 2.24) is 4.31 Å². The fourth-order valence-corrected chi connectivity index (χ4v) is 1.94. The Balaban J connectivity index is 2.22. The number of rotatable bonds is 1. The zero-order valence-corrected chi connectivity index (χ0v) is 6.90. The topological polar surface area (TPSA) is 20.3 Å². The quantitative estimate of drug-likeness (QED) is 0.428. The smallest absolute Gasteiger partial charge is 0.219 e. The lowest BCUT2D eigenvalue weighted by Gasteiger charge is -2.17. The molecule has 1 aliphatic rings. The molecule has 0 saturated carbocycles. The lowest BCUT2D eigenvalue weighted by atomic mass is 10.2. The minimum Gasteiger partial charge on any atom is -0.289 e. The Morgan fingerprint density at radius 2 is 2.00 bits per heavy atom. The average Bonchev–Trinajstić information content (AvgIpc) is 1.87. The van der Waals surface area contributed by atoms with E-state index in [0.717, 1.165) is 18.7 Å². The number of hydrogen-bond acceptors (Lipinski definition) is 2. The molecule has 0 atom stereocenters. The third-order valence-electron chi connectivity index (χ3n) is 1.65. The summed E-state index contributed by atoms with van der Waals surface area (Å²) in [5.74, 6) is 1.11. The Hall–Kier alpha value is -0.180. The summed E-state index contributed by atoms with van der Waals surface area (Å²) in [6.45, 7) is 0.939. The van der Waals surface area contributed by atoms with Gasteiger partial charge in [0.15, 0.2) is 0 Å². The van der Waals surface area contributed by atoms with Gasteiger partial charge >= 0.3 is 0 Å². The van der Waals surface area contributed by atoms with Gasteiger partial charge in [-0.2, -0.15) is 0 Å². The zero-order valence-electron chi connectivity index (χ0n) is 6.08. The minimum atomic E-state index is 0.939. The first-order valence-corrected chi connectivity index (χ1v) is 4.72. The number of nitrogens with zero attached hydrogens (tertiary/aromatic N) is 1. The molecule has 1 amide bonds. The van der Waals surface area contributed by atoms with Crippen LogP contribution in [0.5, 0.6) is 0 Å². The molecular weight excluding hydrogens is 146 g/mol. The highest BCUT2D eigenvalue weighted by Crippen LogP contribution is 2.16. The first kappa shape index (κ1) is 7.92. The molecule has 0 unspecified atom stereocenters. The van der Waals surface area contributed by atoms with E-state index in [0.29, 0.717) is 0 Å². The van der Waals surface area contributed by atoms with Crippen molar-refractivity contribution < 1.29 is 4.79 Å². The normalized spacial score (nSPS) is 21.4. The number of carbonyl (C=O) groups is 1. The molecule has 0 bridgehead atoms. The van der Waals surface area contributed by atoms with Crippen molar-refractivity contribution in [3.05, 3.63) is 0 Å². The number of hydrogen-bond donors (Lipinski definition) is 0. The first-order valence-electron chi connectivity index (χ1n) is 3.78. The molecule has 0 aromatic heterocycles. The molecule has 1 fully saturated rings. The lowest BCUT2D eigenvalue weighted by molar-refractivity contribution is -0.113.